The first-order valence-corrected chi connectivity index (χ1v) is 3.99. The SMILES string of the molecule is C.C.C.CC.CC(=O)N1CC[C@H]1C. The molecule has 0 radical (unpaired) electrons. The van der Waals surface area contributed by atoms with Gasteiger partial charge in [-0.25, -0.2) is 0 Å². The molecule has 13 heavy (non-hydrogen) atoms. The number of nitrogens with zero attached hydrogens (tertiary/aromatic N) is 1. The minimum Gasteiger partial charge on any atom is -0.340 e. The molecule has 0 aliphatic carbocycles. The van der Waals surface area contributed by atoms with Gasteiger partial charge in [0, 0.05) is 19.5 Å². The molecule has 2 heteroatoms. The van der Waals surface area contributed by atoms with Crippen molar-refractivity contribution in [2.24, 2.45) is 0 Å². The molecule has 0 unspecified atom stereocenters. The Bertz CT molecular complexity index is 113. The Morgan fingerprint density at radius 1 is 1.23 bits per heavy atom. The molecule has 0 aromatic heterocycles. The van der Waals surface area contributed by atoms with E-state index in [0.29, 0.717) is 6.04 Å². The summed E-state index contributed by atoms with van der Waals surface area (Å²) in [6.45, 7) is 8.66. The normalized spacial score (nSPS) is 17.2. The van der Waals surface area contributed by atoms with E-state index >= 15 is 0 Å². The Hall–Kier alpha value is -0.530. The zero-order valence-corrected chi connectivity index (χ0v) is 7.35. The number of rotatable bonds is 0. The highest BCUT2D eigenvalue weighted by molar-refractivity contribution is 5.74. The summed E-state index contributed by atoms with van der Waals surface area (Å²) in [7, 11) is 0. The first-order chi connectivity index (χ1) is 4.72. The highest BCUT2D eigenvalue weighted by Crippen LogP contribution is 2.15. The van der Waals surface area contributed by atoms with Gasteiger partial charge in [0.15, 0.2) is 0 Å². The molecule has 1 amide bonds. The Kier molecular flexibility index (Phi) is 20.2. The van der Waals surface area contributed by atoms with Gasteiger partial charge >= 0.3 is 0 Å². The van der Waals surface area contributed by atoms with Gasteiger partial charge < -0.3 is 4.90 Å². The Morgan fingerprint density at radius 2 is 1.62 bits per heavy atom. The molecule has 1 heterocycles. The second kappa shape index (κ2) is 11.5. The summed E-state index contributed by atoms with van der Waals surface area (Å²) in [6.07, 6.45) is 1.18. The minimum atomic E-state index is 0. The van der Waals surface area contributed by atoms with Crippen LogP contribution in [0.3, 0.4) is 0 Å². The predicted octanol–water partition coefficient (Wildman–Crippen LogP) is 3.56. The van der Waals surface area contributed by atoms with Gasteiger partial charge in [0.25, 0.3) is 0 Å². The fourth-order valence-corrected chi connectivity index (χ4v) is 0.984. The zero-order chi connectivity index (χ0) is 8.15. The van der Waals surface area contributed by atoms with Crippen LogP contribution in [0.25, 0.3) is 0 Å². The summed E-state index contributed by atoms with van der Waals surface area (Å²) in [5.41, 5.74) is 0. The Labute approximate surface area is 85.3 Å². The second-order valence-electron chi connectivity index (χ2n) is 2.35. The van der Waals surface area contributed by atoms with Crippen molar-refractivity contribution in [3.8, 4) is 0 Å². The number of carbonyl (C=O) groups excluding carboxylic acids is 1. The Balaban J connectivity index is -0.0000000761. The molecule has 1 fully saturated rings. The van der Waals surface area contributed by atoms with E-state index in [9.17, 15) is 4.79 Å². The van der Waals surface area contributed by atoms with E-state index in [4.69, 9.17) is 0 Å². The number of likely N-dealkylation sites (tertiary alicyclic amines) is 1. The third kappa shape index (κ3) is 6.62. The molecule has 1 rings (SSSR count). The molecule has 1 atom stereocenters. The van der Waals surface area contributed by atoms with Crippen LogP contribution in [0.1, 0.15) is 56.4 Å². The molecule has 0 bridgehead atoms. The van der Waals surface area contributed by atoms with Crippen LogP contribution in [0, 0.1) is 0 Å². The van der Waals surface area contributed by atoms with E-state index < -0.39 is 0 Å². The molecule has 0 aromatic carbocycles. The molecular formula is C11H29NO. The van der Waals surface area contributed by atoms with Crippen molar-refractivity contribution in [2.75, 3.05) is 6.54 Å². The topological polar surface area (TPSA) is 20.3 Å². The van der Waals surface area contributed by atoms with Gasteiger partial charge in [-0.2, -0.15) is 0 Å². The molecule has 0 aromatic rings. The van der Waals surface area contributed by atoms with Crippen LogP contribution in [0.4, 0.5) is 0 Å². The van der Waals surface area contributed by atoms with Gasteiger partial charge in [-0.05, 0) is 13.3 Å². The largest absolute Gasteiger partial charge is 0.340 e. The van der Waals surface area contributed by atoms with Crippen LogP contribution in [0.5, 0.6) is 0 Å². The number of hydrogen-bond donors (Lipinski definition) is 0. The van der Waals surface area contributed by atoms with E-state index in [2.05, 4.69) is 6.92 Å². The van der Waals surface area contributed by atoms with Crippen molar-refractivity contribution < 1.29 is 4.79 Å². The van der Waals surface area contributed by atoms with E-state index in [1.807, 2.05) is 18.7 Å². The number of carbonyl (C=O) groups is 1. The fourth-order valence-electron chi connectivity index (χ4n) is 0.984. The summed E-state index contributed by atoms with van der Waals surface area (Å²) in [6, 6.07) is 0.507. The maximum atomic E-state index is 10.6. The van der Waals surface area contributed by atoms with Crippen LogP contribution in [-0.2, 0) is 4.79 Å². The summed E-state index contributed by atoms with van der Waals surface area (Å²) >= 11 is 0. The van der Waals surface area contributed by atoms with E-state index in [1.165, 1.54) is 6.42 Å². The average Bonchev–Trinajstić information content (AvgIpc) is 1.88. The lowest BCUT2D eigenvalue weighted by molar-refractivity contribution is -0.135. The van der Waals surface area contributed by atoms with Gasteiger partial charge in [-0.3, -0.25) is 4.79 Å². The van der Waals surface area contributed by atoms with Crippen molar-refractivity contribution in [1.29, 1.82) is 0 Å². The van der Waals surface area contributed by atoms with Crippen LogP contribution < -0.4 is 0 Å². The average molecular weight is 191 g/mol. The number of amides is 1. The van der Waals surface area contributed by atoms with Crippen LogP contribution in [-0.4, -0.2) is 23.4 Å². The Morgan fingerprint density at radius 3 is 1.62 bits per heavy atom. The molecule has 0 saturated carbocycles. The van der Waals surface area contributed by atoms with Crippen molar-refractivity contribution in [1.82, 2.24) is 4.90 Å². The summed E-state index contributed by atoms with van der Waals surface area (Å²) in [5, 5.41) is 0. The second-order valence-corrected chi connectivity index (χ2v) is 2.35. The van der Waals surface area contributed by atoms with E-state index in [0.717, 1.165) is 6.54 Å². The minimum absolute atomic E-state index is 0. The third-order valence-corrected chi connectivity index (χ3v) is 1.72. The quantitative estimate of drug-likeness (QED) is 0.573. The zero-order valence-electron chi connectivity index (χ0n) is 7.35. The smallest absolute Gasteiger partial charge is 0.219 e. The third-order valence-electron chi connectivity index (χ3n) is 1.72. The van der Waals surface area contributed by atoms with Crippen molar-refractivity contribution in [3.05, 3.63) is 0 Å². The van der Waals surface area contributed by atoms with Gasteiger partial charge in [-0.15, -0.1) is 0 Å². The molecule has 0 spiro atoms. The lowest BCUT2D eigenvalue weighted by Gasteiger charge is -2.37. The van der Waals surface area contributed by atoms with Gasteiger partial charge in [0.05, 0.1) is 0 Å². The van der Waals surface area contributed by atoms with Gasteiger partial charge in [0.1, 0.15) is 0 Å². The molecule has 1 aliphatic heterocycles. The summed E-state index contributed by atoms with van der Waals surface area (Å²) in [4.78, 5) is 12.4. The monoisotopic (exact) mass is 191 g/mol. The van der Waals surface area contributed by atoms with Crippen LogP contribution in [0.2, 0.25) is 0 Å². The van der Waals surface area contributed by atoms with Gasteiger partial charge in [0.2, 0.25) is 5.91 Å². The van der Waals surface area contributed by atoms with E-state index in [1.54, 1.807) is 6.92 Å². The lowest BCUT2D eigenvalue weighted by atomic mass is 10.1. The van der Waals surface area contributed by atoms with Crippen LogP contribution >= 0.6 is 0 Å². The molecule has 1 saturated heterocycles. The maximum absolute atomic E-state index is 10.6. The van der Waals surface area contributed by atoms with Crippen LogP contribution in [0.15, 0.2) is 0 Å². The highest BCUT2D eigenvalue weighted by Gasteiger charge is 2.24. The first-order valence-electron chi connectivity index (χ1n) is 3.99. The van der Waals surface area contributed by atoms with Crippen molar-refractivity contribution in [2.45, 2.75) is 62.4 Å². The van der Waals surface area contributed by atoms with Gasteiger partial charge in [-0.1, -0.05) is 36.1 Å². The summed E-state index contributed by atoms with van der Waals surface area (Å²) in [5.74, 6) is 0.212. The lowest BCUT2D eigenvalue weighted by Crippen LogP contribution is -2.48. The first kappa shape index (κ1) is 22.9. The molecule has 1 aliphatic rings. The summed E-state index contributed by atoms with van der Waals surface area (Å²) < 4.78 is 0. The van der Waals surface area contributed by atoms with Crippen molar-refractivity contribution >= 4 is 5.91 Å². The van der Waals surface area contributed by atoms with Crippen molar-refractivity contribution in [3.63, 3.8) is 0 Å². The maximum Gasteiger partial charge on any atom is 0.219 e. The molecule has 2 nitrogen and oxygen atoms in total. The fraction of sp³-hybridized carbons (Fsp3) is 0.909. The molecule has 0 N–H and O–H groups in total. The predicted molar refractivity (Wildman–Crippen MR) is 63.0 cm³/mol. The molecular weight excluding hydrogens is 162 g/mol. The highest BCUT2D eigenvalue weighted by atomic mass is 16.2. The number of hydrogen-bond acceptors (Lipinski definition) is 1. The molecule has 84 valence electrons. The van der Waals surface area contributed by atoms with E-state index in [-0.39, 0.29) is 28.2 Å². The standard InChI is InChI=1S/C6H11NO.C2H6.3CH4/c1-5-3-4-7(5)6(2)8;1-2;;;/h5H,3-4H2,1-2H3;1-2H3;3*1H4/t5-;;;;/m1..../s1.